The van der Waals surface area contributed by atoms with Gasteiger partial charge < -0.3 is 10.1 Å². The molecular formula is C20H27N3O5S. The van der Waals surface area contributed by atoms with Gasteiger partial charge in [-0.05, 0) is 37.3 Å². The summed E-state index contributed by atoms with van der Waals surface area (Å²) < 4.78 is 31.6. The molecule has 1 saturated carbocycles. The third-order valence-corrected chi connectivity index (χ3v) is 7.14. The summed E-state index contributed by atoms with van der Waals surface area (Å²) in [5, 5.41) is 2.98. The van der Waals surface area contributed by atoms with Gasteiger partial charge in [-0.2, -0.15) is 0 Å². The molecule has 1 aliphatic heterocycles. The zero-order chi connectivity index (χ0) is 21.2. The van der Waals surface area contributed by atoms with Crippen molar-refractivity contribution >= 4 is 27.7 Å². The molecule has 29 heavy (non-hydrogen) atoms. The molecule has 0 unspecified atom stereocenters. The first-order chi connectivity index (χ1) is 13.7. The maximum Gasteiger partial charge on any atom is 0.328 e. The smallest absolute Gasteiger partial charge is 0.328 e. The number of nitrogens with zero attached hydrogens (tertiary/aromatic N) is 1. The van der Waals surface area contributed by atoms with E-state index in [1.54, 1.807) is 18.2 Å². The molecule has 1 aromatic carbocycles. The van der Waals surface area contributed by atoms with Gasteiger partial charge in [0.05, 0.1) is 4.90 Å². The lowest BCUT2D eigenvalue weighted by Gasteiger charge is -2.35. The minimum absolute atomic E-state index is 0.0806. The van der Waals surface area contributed by atoms with E-state index in [2.05, 4.69) is 28.9 Å². The summed E-state index contributed by atoms with van der Waals surface area (Å²) in [4.78, 5) is 28.7. The molecule has 0 bridgehead atoms. The Balaban J connectivity index is 1.56. The van der Waals surface area contributed by atoms with Crippen LogP contribution in [0.1, 0.15) is 45.6 Å². The highest BCUT2D eigenvalue weighted by molar-refractivity contribution is 7.90. The molecule has 1 heterocycles. The molecule has 1 aliphatic carbocycles. The number of carbonyl (C=O) groups is 2. The molecule has 1 aromatic rings. The van der Waals surface area contributed by atoms with Gasteiger partial charge in [-0.1, -0.05) is 38.8 Å². The number of aliphatic imine (C=N–C) groups is 1. The number of benzene rings is 1. The van der Waals surface area contributed by atoms with Crippen molar-refractivity contribution in [2.45, 2.75) is 57.1 Å². The van der Waals surface area contributed by atoms with Crippen molar-refractivity contribution < 1.29 is 22.7 Å². The SMILES string of the molecule is C[C@@H]1[C@H](C)CCC[C@@H]1NC(=O)[C@@H](C)OC(=O)CN=C1NS(=O)(=O)c2ccccc21. The highest BCUT2D eigenvalue weighted by atomic mass is 32.2. The number of carbonyl (C=O) groups excluding carboxylic acids is 2. The second-order valence-electron chi connectivity index (χ2n) is 7.78. The second kappa shape index (κ2) is 8.52. The first-order valence-corrected chi connectivity index (χ1v) is 11.3. The number of ether oxygens (including phenoxy) is 1. The zero-order valence-electron chi connectivity index (χ0n) is 16.8. The first kappa shape index (κ1) is 21.3. The van der Waals surface area contributed by atoms with E-state index in [1.807, 2.05) is 0 Å². The predicted octanol–water partition coefficient (Wildman–Crippen LogP) is 1.60. The number of sulfonamides is 1. The maximum atomic E-state index is 12.4. The van der Waals surface area contributed by atoms with Crippen molar-refractivity contribution in [3.05, 3.63) is 29.8 Å². The van der Waals surface area contributed by atoms with E-state index < -0.39 is 22.1 Å². The van der Waals surface area contributed by atoms with Gasteiger partial charge in [0.2, 0.25) is 0 Å². The number of hydrogen-bond acceptors (Lipinski definition) is 6. The van der Waals surface area contributed by atoms with Gasteiger partial charge in [0, 0.05) is 11.6 Å². The molecule has 9 heteroatoms. The van der Waals surface area contributed by atoms with Crippen LogP contribution in [0.25, 0.3) is 0 Å². The van der Waals surface area contributed by atoms with Gasteiger partial charge in [-0.3, -0.25) is 19.3 Å². The van der Waals surface area contributed by atoms with E-state index in [-0.39, 0.29) is 29.2 Å². The topological polar surface area (TPSA) is 114 Å². The number of rotatable bonds is 5. The Kier molecular flexibility index (Phi) is 6.26. The van der Waals surface area contributed by atoms with Crippen LogP contribution >= 0.6 is 0 Å². The largest absolute Gasteiger partial charge is 0.451 e. The molecule has 2 N–H and O–H groups in total. The zero-order valence-corrected chi connectivity index (χ0v) is 17.7. The monoisotopic (exact) mass is 421 g/mol. The summed E-state index contributed by atoms with van der Waals surface area (Å²) in [6.45, 7) is 5.44. The van der Waals surface area contributed by atoms with E-state index in [4.69, 9.17) is 4.74 Å². The van der Waals surface area contributed by atoms with Crippen molar-refractivity contribution in [1.29, 1.82) is 0 Å². The Hall–Kier alpha value is -2.42. The predicted molar refractivity (Wildman–Crippen MR) is 108 cm³/mol. The van der Waals surface area contributed by atoms with E-state index >= 15 is 0 Å². The first-order valence-electron chi connectivity index (χ1n) is 9.85. The summed E-state index contributed by atoms with van der Waals surface area (Å²) in [7, 11) is -3.66. The average molecular weight is 422 g/mol. The van der Waals surface area contributed by atoms with Gasteiger partial charge in [0.1, 0.15) is 12.4 Å². The summed E-state index contributed by atoms with van der Waals surface area (Å²) in [6.07, 6.45) is 2.20. The van der Waals surface area contributed by atoms with Gasteiger partial charge in [-0.25, -0.2) is 8.42 Å². The fourth-order valence-corrected chi connectivity index (χ4v) is 5.02. The Labute approximate surface area is 171 Å². The second-order valence-corrected chi connectivity index (χ2v) is 9.43. The minimum Gasteiger partial charge on any atom is -0.451 e. The summed E-state index contributed by atoms with van der Waals surface area (Å²) in [6, 6.07) is 6.47. The molecule has 0 spiro atoms. The number of esters is 1. The highest BCUT2D eigenvalue weighted by Crippen LogP contribution is 2.29. The van der Waals surface area contributed by atoms with Crippen LogP contribution in [0.2, 0.25) is 0 Å². The van der Waals surface area contributed by atoms with Crippen LogP contribution in [0.5, 0.6) is 0 Å². The van der Waals surface area contributed by atoms with E-state index in [1.165, 1.54) is 13.0 Å². The average Bonchev–Trinajstić information content (AvgIpc) is 2.94. The standard InChI is InChI=1S/C20H27N3O5S/c1-12-7-6-9-16(13(12)2)22-20(25)14(3)28-18(24)11-21-19-15-8-4-5-10-17(15)29(26,27)23-19/h4-5,8,10,12-14,16H,6-7,9,11H2,1-3H3,(H,21,23)(H,22,25)/t12-,13-,14-,16+/m1/s1. The van der Waals surface area contributed by atoms with Crippen molar-refractivity contribution in [3.63, 3.8) is 0 Å². The van der Waals surface area contributed by atoms with Crippen molar-refractivity contribution in [1.82, 2.24) is 10.0 Å². The Bertz CT molecular complexity index is 928. The van der Waals surface area contributed by atoms with Crippen molar-refractivity contribution in [2.24, 2.45) is 16.8 Å². The number of nitrogens with one attached hydrogen (secondary N) is 2. The molecule has 0 radical (unpaired) electrons. The molecule has 0 aromatic heterocycles. The van der Waals surface area contributed by atoms with Crippen LogP contribution in [-0.4, -0.2) is 44.8 Å². The number of amidine groups is 1. The molecule has 2 aliphatic rings. The highest BCUT2D eigenvalue weighted by Gasteiger charge is 2.31. The van der Waals surface area contributed by atoms with Crippen LogP contribution in [-0.2, 0) is 24.3 Å². The summed E-state index contributed by atoms with van der Waals surface area (Å²) in [5.74, 6) is -0.0180. The van der Waals surface area contributed by atoms with Crippen molar-refractivity contribution in [2.75, 3.05) is 6.54 Å². The van der Waals surface area contributed by atoms with Crippen LogP contribution < -0.4 is 10.0 Å². The van der Waals surface area contributed by atoms with Crippen LogP contribution in [0, 0.1) is 11.8 Å². The molecule has 1 fully saturated rings. The third kappa shape index (κ3) is 4.77. The Morgan fingerprint density at radius 3 is 2.76 bits per heavy atom. The molecule has 158 valence electrons. The minimum atomic E-state index is -3.66. The normalized spacial score (nSPS) is 27.6. The van der Waals surface area contributed by atoms with E-state index in [9.17, 15) is 18.0 Å². The van der Waals surface area contributed by atoms with E-state index in [0.717, 1.165) is 19.3 Å². The summed E-state index contributed by atoms with van der Waals surface area (Å²) >= 11 is 0. The molecule has 0 saturated heterocycles. The summed E-state index contributed by atoms with van der Waals surface area (Å²) in [5.41, 5.74) is 0.409. The van der Waals surface area contributed by atoms with E-state index in [0.29, 0.717) is 17.4 Å². The van der Waals surface area contributed by atoms with Crippen LogP contribution in [0.4, 0.5) is 0 Å². The molecule has 4 atom stereocenters. The number of fused-ring (bicyclic) bond motifs is 1. The van der Waals surface area contributed by atoms with Gasteiger partial charge in [0.15, 0.2) is 6.10 Å². The van der Waals surface area contributed by atoms with Gasteiger partial charge >= 0.3 is 5.97 Å². The van der Waals surface area contributed by atoms with Gasteiger partial charge in [-0.15, -0.1) is 0 Å². The van der Waals surface area contributed by atoms with Crippen molar-refractivity contribution in [3.8, 4) is 0 Å². The molecule has 1 amide bonds. The molecular weight excluding hydrogens is 394 g/mol. The number of hydrogen-bond donors (Lipinski definition) is 2. The van der Waals surface area contributed by atoms with Crippen LogP contribution in [0.15, 0.2) is 34.2 Å². The maximum absolute atomic E-state index is 12.4. The molecule has 3 rings (SSSR count). The third-order valence-electron chi connectivity index (χ3n) is 5.74. The lowest BCUT2D eigenvalue weighted by Crippen LogP contribution is -2.47. The number of amides is 1. The fraction of sp³-hybridized carbons (Fsp3) is 0.550. The quantitative estimate of drug-likeness (QED) is 0.701. The Morgan fingerprint density at radius 1 is 1.28 bits per heavy atom. The van der Waals surface area contributed by atoms with Gasteiger partial charge in [0.25, 0.3) is 15.9 Å². The lowest BCUT2D eigenvalue weighted by atomic mass is 9.78. The Morgan fingerprint density at radius 2 is 2.00 bits per heavy atom. The molecule has 8 nitrogen and oxygen atoms in total. The van der Waals surface area contributed by atoms with Crippen LogP contribution in [0.3, 0.4) is 0 Å². The fourth-order valence-electron chi connectivity index (χ4n) is 3.77. The lowest BCUT2D eigenvalue weighted by molar-refractivity contribution is -0.153.